The highest BCUT2D eigenvalue weighted by atomic mass is 16.2. The highest BCUT2D eigenvalue weighted by molar-refractivity contribution is 5.95. The van der Waals surface area contributed by atoms with Crippen molar-refractivity contribution in [3.63, 3.8) is 0 Å². The van der Waals surface area contributed by atoms with Crippen LogP contribution in [0.25, 0.3) is 0 Å². The molecule has 6 heteroatoms. The lowest BCUT2D eigenvalue weighted by Crippen LogP contribution is -2.61. The Labute approximate surface area is 124 Å². The van der Waals surface area contributed by atoms with E-state index in [9.17, 15) is 9.59 Å². The van der Waals surface area contributed by atoms with Crippen LogP contribution in [0, 0.1) is 0 Å². The van der Waals surface area contributed by atoms with Crippen LogP contribution in [0.5, 0.6) is 0 Å². The second kappa shape index (κ2) is 5.83. The van der Waals surface area contributed by atoms with Gasteiger partial charge in [0.15, 0.2) is 0 Å². The normalized spacial score (nSPS) is 18.7. The SMILES string of the molecule is CN1CCN(Cc2ccccc2C(=O)NN)C(C)(C)C1=O. The molecule has 0 atom stereocenters. The fourth-order valence-electron chi connectivity index (χ4n) is 2.69. The van der Waals surface area contributed by atoms with Gasteiger partial charge < -0.3 is 4.90 Å². The van der Waals surface area contributed by atoms with Crippen LogP contribution < -0.4 is 11.3 Å². The molecule has 2 amide bonds. The van der Waals surface area contributed by atoms with E-state index in [4.69, 9.17) is 5.84 Å². The van der Waals surface area contributed by atoms with Gasteiger partial charge in [0.05, 0.1) is 5.54 Å². The number of benzene rings is 1. The van der Waals surface area contributed by atoms with Gasteiger partial charge in [0, 0.05) is 32.2 Å². The van der Waals surface area contributed by atoms with Crippen LogP contribution >= 0.6 is 0 Å². The summed E-state index contributed by atoms with van der Waals surface area (Å²) >= 11 is 0. The predicted molar refractivity (Wildman–Crippen MR) is 80.2 cm³/mol. The molecule has 0 aromatic heterocycles. The molecule has 6 nitrogen and oxygen atoms in total. The topological polar surface area (TPSA) is 78.7 Å². The maximum atomic E-state index is 12.3. The minimum Gasteiger partial charge on any atom is -0.343 e. The van der Waals surface area contributed by atoms with Crippen molar-refractivity contribution < 1.29 is 9.59 Å². The molecule has 1 aromatic rings. The Kier molecular flexibility index (Phi) is 4.29. The molecule has 0 aliphatic carbocycles. The van der Waals surface area contributed by atoms with Crippen LogP contribution in [0.3, 0.4) is 0 Å². The standard InChI is InChI=1S/C15H22N4O2/c1-15(2)14(21)18(3)8-9-19(15)10-11-6-4-5-7-12(11)13(20)17-16/h4-7H,8-10,16H2,1-3H3,(H,17,20). The summed E-state index contributed by atoms with van der Waals surface area (Å²) in [6.07, 6.45) is 0. The molecule has 0 unspecified atom stereocenters. The van der Waals surface area contributed by atoms with Gasteiger partial charge in [-0.25, -0.2) is 5.84 Å². The molecule has 1 aromatic carbocycles. The molecule has 114 valence electrons. The number of piperazine rings is 1. The number of hydrogen-bond donors (Lipinski definition) is 2. The summed E-state index contributed by atoms with van der Waals surface area (Å²) in [4.78, 5) is 28.0. The first-order chi connectivity index (χ1) is 9.87. The molecule has 21 heavy (non-hydrogen) atoms. The number of carbonyl (C=O) groups is 2. The summed E-state index contributed by atoms with van der Waals surface area (Å²) in [5.41, 5.74) is 2.99. The number of nitrogens with one attached hydrogen (secondary N) is 1. The van der Waals surface area contributed by atoms with Gasteiger partial charge in [-0.05, 0) is 25.5 Å². The zero-order valence-electron chi connectivity index (χ0n) is 12.7. The third-order valence-corrected chi connectivity index (χ3v) is 4.12. The molecule has 0 spiro atoms. The average molecular weight is 290 g/mol. The minimum absolute atomic E-state index is 0.0921. The Bertz CT molecular complexity index is 556. The van der Waals surface area contributed by atoms with E-state index in [1.165, 1.54) is 0 Å². The Balaban J connectivity index is 2.26. The zero-order chi connectivity index (χ0) is 15.6. The van der Waals surface area contributed by atoms with Crippen LogP contribution in [0.15, 0.2) is 24.3 Å². The number of hydrogen-bond acceptors (Lipinski definition) is 4. The fraction of sp³-hybridized carbons (Fsp3) is 0.467. The van der Waals surface area contributed by atoms with Crippen molar-refractivity contribution in [2.45, 2.75) is 25.9 Å². The second-order valence-corrected chi connectivity index (χ2v) is 5.84. The van der Waals surface area contributed by atoms with Crippen molar-refractivity contribution in [3.8, 4) is 0 Å². The number of rotatable bonds is 3. The van der Waals surface area contributed by atoms with Gasteiger partial charge in [-0.2, -0.15) is 0 Å². The Morgan fingerprint density at radius 3 is 2.67 bits per heavy atom. The summed E-state index contributed by atoms with van der Waals surface area (Å²) in [6, 6.07) is 7.31. The number of nitrogens with zero attached hydrogens (tertiary/aromatic N) is 2. The lowest BCUT2D eigenvalue weighted by molar-refractivity contribution is -0.147. The molecule has 0 bridgehead atoms. The lowest BCUT2D eigenvalue weighted by Gasteiger charge is -2.45. The number of carbonyl (C=O) groups excluding carboxylic acids is 2. The van der Waals surface area contributed by atoms with Crippen LogP contribution in [0.1, 0.15) is 29.8 Å². The first-order valence-corrected chi connectivity index (χ1v) is 6.97. The molecule has 0 radical (unpaired) electrons. The highest BCUT2D eigenvalue weighted by Crippen LogP contribution is 2.24. The van der Waals surface area contributed by atoms with Crippen molar-refractivity contribution in [1.29, 1.82) is 0 Å². The third kappa shape index (κ3) is 2.91. The fourth-order valence-corrected chi connectivity index (χ4v) is 2.69. The van der Waals surface area contributed by atoms with Gasteiger partial charge in [0.2, 0.25) is 5.91 Å². The van der Waals surface area contributed by atoms with Crippen LogP contribution in [-0.2, 0) is 11.3 Å². The van der Waals surface area contributed by atoms with E-state index < -0.39 is 5.54 Å². The number of likely N-dealkylation sites (N-methyl/N-ethyl adjacent to an activating group) is 1. The molecule has 1 aliphatic heterocycles. The smallest absolute Gasteiger partial charge is 0.265 e. The van der Waals surface area contributed by atoms with E-state index in [-0.39, 0.29) is 11.8 Å². The monoisotopic (exact) mass is 290 g/mol. The molecule has 2 rings (SSSR count). The van der Waals surface area contributed by atoms with E-state index in [0.717, 1.165) is 12.1 Å². The van der Waals surface area contributed by atoms with Crippen molar-refractivity contribution >= 4 is 11.8 Å². The largest absolute Gasteiger partial charge is 0.343 e. The number of hydrazine groups is 1. The zero-order valence-corrected chi connectivity index (χ0v) is 12.7. The molecule has 3 N–H and O–H groups in total. The van der Waals surface area contributed by atoms with Crippen LogP contribution in [0.2, 0.25) is 0 Å². The van der Waals surface area contributed by atoms with Gasteiger partial charge in [-0.1, -0.05) is 18.2 Å². The first-order valence-electron chi connectivity index (χ1n) is 6.97. The van der Waals surface area contributed by atoms with E-state index in [0.29, 0.717) is 18.7 Å². The van der Waals surface area contributed by atoms with Gasteiger partial charge in [-0.15, -0.1) is 0 Å². The Morgan fingerprint density at radius 2 is 2.00 bits per heavy atom. The molecule has 1 fully saturated rings. The van der Waals surface area contributed by atoms with Crippen molar-refractivity contribution in [3.05, 3.63) is 35.4 Å². The van der Waals surface area contributed by atoms with Crippen LogP contribution in [0.4, 0.5) is 0 Å². The van der Waals surface area contributed by atoms with E-state index in [2.05, 4.69) is 10.3 Å². The number of nitrogens with two attached hydrogens (primary N) is 1. The summed E-state index contributed by atoms with van der Waals surface area (Å²) in [5.74, 6) is 5.00. The average Bonchev–Trinajstić information content (AvgIpc) is 2.48. The number of amides is 2. The van der Waals surface area contributed by atoms with Crippen molar-refractivity contribution in [2.24, 2.45) is 5.84 Å². The maximum absolute atomic E-state index is 12.3. The molecular formula is C15H22N4O2. The molecular weight excluding hydrogens is 268 g/mol. The van der Waals surface area contributed by atoms with E-state index in [1.807, 2.05) is 33.0 Å². The van der Waals surface area contributed by atoms with E-state index in [1.54, 1.807) is 17.0 Å². The second-order valence-electron chi connectivity index (χ2n) is 5.84. The van der Waals surface area contributed by atoms with Crippen LogP contribution in [-0.4, -0.2) is 47.3 Å². The number of nitrogen functional groups attached to an aromatic ring is 1. The highest BCUT2D eigenvalue weighted by Gasteiger charge is 2.40. The summed E-state index contributed by atoms with van der Waals surface area (Å²) < 4.78 is 0. The summed E-state index contributed by atoms with van der Waals surface area (Å²) in [7, 11) is 1.82. The minimum atomic E-state index is -0.584. The van der Waals surface area contributed by atoms with Crippen molar-refractivity contribution in [2.75, 3.05) is 20.1 Å². The Morgan fingerprint density at radius 1 is 1.33 bits per heavy atom. The molecule has 0 saturated carbocycles. The van der Waals surface area contributed by atoms with Gasteiger partial charge in [-0.3, -0.25) is 19.9 Å². The lowest BCUT2D eigenvalue weighted by atomic mass is 9.96. The predicted octanol–water partition coefficient (Wildman–Crippen LogP) is 0.343. The molecule has 1 heterocycles. The Hall–Kier alpha value is -1.92. The van der Waals surface area contributed by atoms with E-state index >= 15 is 0 Å². The summed E-state index contributed by atoms with van der Waals surface area (Å²) in [6.45, 7) is 5.82. The van der Waals surface area contributed by atoms with Gasteiger partial charge in [0.1, 0.15) is 0 Å². The molecule has 1 aliphatic rings. The summed E-state index contributed by atoms with van der Waals surface area (Å²) in [5, 5.41) is 0. The van der Waals surface area contributed by atoms with Gasteiger partial charge in [0.25, 0.3) is 5.91 Å². The third-order valence-electron chi connectivity index (χ3n) is 4.12. The van der Waals surface area contributed by atoms with Crippen molar-refractivity contribution in [1.82, 2.24) is 15.2 Å². The quantitative estimate of drug-likeness (QED) is 0.478. The first kappa shape index (κ1) is 15.5. The molecule has 1 saturated heterocycles. The maximum Gasteiger partial charge on any atom is 0.265 e. The van der Waals surface area contributed by atoms with Gasteiger partial charge >= 0.3 is 0 Å².